The number of rotatable bonds is 5. The van der Waals surface area contributed by atoms with Crippen LogP contribution >= 0.6 is 11.6 Å². The van der Waals surface area contributed by atoms with Crippen molar-refractivity contribution in [3.8, 4) is 0 Å². The van der Waals surface area contributed by atoms with Crippen molar-refractivity contribution in [3.63, 3.8) is 0 Å². The van der Waals surface area contributed by atoms with Crippen molar-refractivity contribution in [1.82, 2.24) is 14.7 Å². The minimum atomic E-state index is 0.142. The molecule has 5 heteroatoms. The number of hydrogen-bond donors (Lipinski definition) is 1. The summed E-state index contributed by atoms with van der Waals surface area (Å²) in [6.45, 7) is 5.96. The van der Waals surface area contributed by atoms with Crippen LogP contribution in [0.5, 0.6) is 0 Å². The van der Waals surface area contributed by atoms with Crippen molar-refractivity contribution < 1.29 is 5.11 Å². The van der Waals surface area contributed by atoms with Crippen LogP contribution in [-0.2, 0) is 13.1 Å². The third-order valence-electron chi connectivity index (χ3n) is 4.70. The first kappa shape index (κ1) is 16.5. The van der Waals surface area contributed by atoms with Crippen LogP contribution in [0.2, 0.25) is 5.02 Å². The fraction of sp³-hybridized carbons (Fsp3) is 0.500. The van der Waals surface area contributed by atoms with E-state index in [2.05, 4.69) is 35.1 Å². The lowest BCUT2D eigenvalue weighted by atomic mass is 9.93. The van der Waals surface area contributed by atoms with E-state index in [1.165, 1.54) is 11.3 Å². The summed E-state index contributed by atoms with van der Waals surface area (Å²) in [4.78, 5) is 2.51. The minimum absolute atomic E-state index is 0.142. The molecule has 124 valence electrons. The Bertz CT molecular complexity index is 647. The average Bonchev–Trinajstić information content (AvgIpc) is 3.00. The van der Waals surface area contributed by atoms with Gasteiger partial charge in [0.15, 0.2) is 0 Å². The molecular formula is C18H24ClN3O. The molecule has 0 unspecified atom stereocenters. The minimum Gasteiger partial charge on any atom is -0.394 e. The van der Waals surface area contributed by atoms with Gasteiger partial charge < -0.3 is 5.11 Å². The monoisotopic (exact) mass is 333 g/mol. The van der Waals surface area contributed by atoms with E-state index in [-0.39, 0.29) is 6.61 Å². The smallest absolute Gasteiger partial charge is 0.0644 e. The highest BCUT2D eigenvalue weighted by molar-refractivity contribution is 6.31. The highest BCUT2D eigenvalue weighted by Crippen LogP contribution is 2.28. The predicted molar refractivity (Wildman–Crippen MR) is 92.8 cm³/mol. The zero-order valence-electron chi connectivity index (χ0n) is 13.6. The number of benzene rings is 1. The van der Waals surface area contributed by atoms with Gasteiger partial charge in [-0.1, -0.05) is 23.7 Å². The van der Waals surface area contributed by atoms with Crippen molar-refractivity contribution in [2.75, 3.05) is 19.7 Å². The first-order valence-electron chi connectivity index (χ1n) is 8.27. The van der Waals surface area contributed by atoms with Crippen molar-refractivity contribution in [2.24, 2.45) is 0 Å². The number of aliphatic hydroxyl groups excluding tert-OH is 1. The maximum atomic E-state index is 9.13. The van der Waals surface area contributed by atoms with Crippen molar-refractivity contribution in [1.29, 1.82) is 0 Å². The Labute approximate surface area is 142 Å². The number of hydrogen-bond acceptors (Lipinski definition) is 3. The van der Waals surface area contributed by atoms with Crippen molar-refractivity contribution in [2.45, 2.75) is 38.8 Å². The summed E-state index contributed by atoms with van der Waals surface area (Å²) >= 11 is 6.10. The third-order valence-corrected chi connectivity index (χ3v) is 5.12. The molecule has 0 spiro atoms. The molecule has 0 saturated carbocycles. The molecule has 0 bridgehead atoms. The summed E-state index contributed by atoms with van der Waals surface area (Å²) in [5.74, 6) is 0.548. The number of aryl methyl sites for hydroxylation is 1. The summed E-state index contributed by atoms with van der Waals surface area (Å²) < 4.78 is 1.95. The van der Waals surface area contributed by atoms with Gasteiger partial charge in [-0.05, 0) is 56.1 Å². The lowest BCUT2D eigenvalue weighted by Crippen LogP contribution is -2.33. The van der Waals surface area contributed by atoms with Gasteiger partial charge in [-0.25, -0.2) is 0 Å². The highest BCUT2D eigenvalue weighted by atomic mass is 35.5. The molecule has 3 rings (SSSR count). The molecule has 1 fully saturated rings. The van der Waals surface area contributed by atoms with Gasteiger partial charge in [-0.15, -0.1) is 0 Å². The molecule has 0 atom stereocenters. The lowest BCUT2D eigenvalue weighted by Gasteiger charge is -2.32. The second-order valence-corrected chi connectivity index (χ2v) is 6.74. The molecule has 0 amide bonds. The van der Waals surface area contributed by atoms with E-state index in [0.717, 1.165) is 43.1 Å². The van der Waals surface area contributed by atoms with Crippen LogP contribution < -0.4 is 0 Å². The normalized spacial score (nSPS) is 16.8. The van der Waals surface area contributed by atoms with E-state index in [1.807, 2.05) is 16.9 Å². The molecule has 4 nitrogen and oxygen atoms in total. The van der Waals surface area contributed by atoms with Crippen LogP contribution in [0.3, 0.4) is 0 Å². The molecule has 0 aliphatic carbocycles. The van der Waals surface area contributed by atoms with E-state index in [9.17, 15) is 0 Å². The van der Waals surface area contributed by atoms with Gasteiger partial charge in [-0.2, -0.15) is 5.10 Å². The second-order valence-electron chi connectivity index (χ2n) is 6.34. The maximum Gasteiger partial charge on any atom is 0.0644 e. The molecule has 0 radical (unpaired) electrons. The molecule has 1 aromatic heterocycles. The number of aromatic nitrogens is 2. The quantitative estimate of drug-likeness (QED) is 0.913. The van der Waals surface area contributed by atoms with Crippen molar-refractivity contribution in [3.05, 3.63) is 52.3 Å². The predicted octanol–water partition coefficient (Wildman–Crippen LogP) is 3.22. The van der Waals surface area contributed by atoms with Gasteiger partial charge in [0.1, 0.15) is 0 Å². The SMILES string of the molecule is Cc1cc(CN2CCC(c3ccnn3CCO)CC2)ccc1Cl. The number of halogens is 1. The number of aliphatic hydroxyl groups is 1. The van der Waals surface area contributed by atoms with E-state index < -0.39 is 0 Å². The molecule has 1 saturated heterocycles. The third kappa shape index (κ3) is 3.94. The Morgan fingerprint density at radius 1 is 1.26 bits per heavy atom. The standard InChI is InChI=1S/C18H24ClN3O/c1-14-12-15(2-3-17(14)19)13-21-8-5-16(6-9-21)18-4-7-20-22(18)10-11-23/h2-4,7,12,16,23H,5-6,8-11,13H2,1H3. The second kappa shape index (κ2) is 7.47. The van der Waals surface area contributed by atoms with E-state index in [4.69, 9.17) is 16.7 Å². The largest absolute Gasteiger partial charge is 0.394 e. The zero-order chi connectivity index (χ0) is 16.2. The van der Waals surface area contributed by atoms with E-state index in [0.29, 0.717) is 12.5 Å². The van der Waals surface area contributed by atoms with Gasteiger partial charge in [0.2, 0.25) is 0 Å². The lowest BCUT2D eigenvalue weighted by molar-refractivity contribution is 0.199. The van der Waals surface area contributed by atoms with Gasteiger partial charge in [0, 0.05) is 29.4 Å². The van der Waals surface area contributed by atoms with Crippen molar-refractivity contribution >= 4 is 11.6 Å². The Balaban J connectivity index is 1.57. The summed E-state index contributed by atoms with van der Waals surface area (Å²) in [5, 5.41) is 14.3. The average molecular weight is 334 g/mol. The van der Waals surface area contributed by atoms with Gasteiger partial charge >= 0.3 is 0 Å². The molecular weight excluding hydrogens is 310 g/mol. The summed E-state index contributed by atoms with van der Waals surface area (Å²) in [6.07, 6.45) is 4.13. The Morgan fingerprint density at radius 3 is 2.74 bits per heavy atom. The molecule has 23 heavy (non-hydrogen) atoms. The molecule has 1 aliphatic heterocycles. The Kier molecular flexibility index (Phi) is 5.36. The number of piperidine rings is 1. The Hall–Kier alpha value is -1.36. The fourth-order valence-electron chi connectivity index (χ4n) is 3.42. The van der Waals surface area contributed by atoms with Crippen LogP contribution in [0, 0.1) is 6.92 Å². The van der Waals surface area contributed by atoms with Crippen LogP contribution in [0.1, 0.15) is 35.6 Å². The summed E-state index contributed by atoms with van der Waals surface area (Å²) in [5.41, 5.74) is 3.74. The van der Waals surface area contributed by atoms with Crippen LogP contribution in [0.25, 0.3) is 0 Å². The molecule has 1 aromatic carbocycles. The summed E-state index contributed by atoms with van der Waals surface area (Å²) in [7, 11) is 0. The topological polar surface area (TPSA) is 41.3 Å². The van der Waals surface area contributed by atoms with E-state index in [1.54, 1.807) is 0 Å². The fourth-order valence-corrected chi connectivity index (χ4v) is 3.54. The van der Waals surface area contributed by atoms with E-state index >= 15 is 0 Å². The summed E-state index contributed by atoms with van der Waals surface area (Å²) in [6, 6.07) is 8.40. The molecule has 2 heterocycles. The highest BCUT2D eigenvalue weighted by Gasteiger charge is 2.23. The first-order valence-corrected chi connectivity index (χ1v) is 8.65. The van der Waals surface area contributed by atoms with Gasteiger partial charge in [-0.3, -0.25) is 9.58 Å². The number of likely N-dealkylation sites (tertiary alicyclic amines) is 1. The maximum absolute atomic E-state index is 9.13. The van der Waals surface area contributed by atoms with Gasteiger partial charge in [0.05, 0.1) is 13.2 Å². The first-order chi connectivity index (χ1) is 11.2. The van der Waals surface area contributed by atoms with Gasteiger partial charge in [0.25, 0.3) is 0 Å². The molecule has 1 aliphatic rings. The number of nitrogens with zero attached hydrogens (tertiary/aromatic N) is 3. The van der Waals surface area contributed by atoms with Crippen LogP contribution in [0.15, 0.2) is 30.5 Å². The molecule has 2 aromatic rings. The van der Waals surface area contributed by atoms with Crippen LogP contribution in [-0.4, -0.2) is 39.5 Å². The van der Waals surface area contributed by atoms with Crippen LogP contribution in [0.4, 0.5) is 0 Å². The Morgan fingerprint density at radius 2 is 2.04 bits per heavy atom. The molecule has 1 N–H and O–H groups in total. The zero-order valence-corrected chi connectivity index (χ0v) is 14.3.